The Balaban J connectivity index is 1.02. The summed E-state index contributed by atoms with van der Waals surface area (Å²) < 4.78 is 6.74. The fourth-order valence-corrected chi connectivity index (χ4v) is 12.0. The Morgan fingerprint density at radius 3 is 1.88 bits per heavy atom. The molecule has 306 valence electrons. The van der Waals surface area contributed by atoms with Crippen LogP contribution >= 0.6 is 11.8 Å². The molecule has 0 atom stereocenters. The van der Waals surface area contributed by atoms with Gasteiger partial charge in [-0.05, 0) is 112 Å². The highest BCUT2D eigenvalue weighted by molar-refractivity contribution is 7.99. The zero-order valence-electron chi connectivity index (χ0n) is 35.9. The molecule has 2 heterocycles. The number of hydrogen-bond acceptors (Lipinski definition) is 4. The van der Waals surface area contributed by atoms with E-state index in [9.17, 15) is 0 Å². The summed E-state index contributed by atoms with van der Waals surface area (Å²) in [5.74, 6) is 0. The van der Waals surface area contributed by atoms with E-state index in [2.05, 4.69) is 236 Å². The van der Waals surface area contributed by atoms with Gasteiger partial charge in [0, 0.05) is 54.3 Å². The number of benzene rings is 10. The molecule has 0 radical (unpaired) electrons. The van der Waals surface area contributed by atoms with E-state index < -0.39 is 8.07 Å². The molecule has 11 aromatic rings. The fourth-order valence-electron chi connectivity index (χ4n) is 9.66. The number of nitrogens with zero attached hydrogens (tertiary/aromatic N) is 2. The normalized spacial score (nSPS) is 12.2. The number of hydrogen-bond donors (Lipinski definition) is 0. The van der Waals surface area contributed by atoms with Gasteiger partial charge in [-0.3, -0.25) is 0 Å². The van der Waals surface area contributed by atoms with Crippen LogP contribution in [0.1, 0.15) is 0 Å². The summed E-state index contributed by atoms with van der Waals surface area (Å²) in [6, 6.07) is 77.5. The van der Waals surface area contributed by atoms with Crippen molar-refractivity contribution in [1.82, 2.24) is 0 Å². The third-order valence-corrected chi connectivity index (χ3v) is 16.0. The first-order valence-electron chi connectivity index (χ1n) is 22.0. The lowest BCUT2D eigenvalue weighted by molar-refractivity contribution is 0.669. The number of furan rings is 1. The lowest BCUT2D eigenvalue weighted by Crippen LogP contribution is -2.37. The monoisotopic (exact) mass is 856 g/mol. The molecule has 0 spiro atoms. The van der Waals surface area contributed by atoms with E-state index in [-0.39, 0.29) is 0 Å². The average Bonchev–Trinajstić information content (AvgIpc) is 3.72. The first kappa shape index (κ1) is 38.4. The van der Waals surface area contributed by atoms with Crippen LogP contribution in [0.15, 0.2) is 227 Å². The van der Waals surface area contributed by atoms with Crippen molar-refractivity contribution in [3.63, 3.8) is 0 Å². The Hall–Kier alpha value is -7.31. The predicted molar refractivity (Wildman–Crippen MR) is 276 cm³/mol. The van der Waals surface area contributed by atoms with Crippen LogP contribution in [0.2, 0.25) is 19.6 Å². The van der Waals surface area contributed by atoms with Crippen LogP contribution in [-0.2, 0) is 0 Å². The standard InChI is InChI=1S/C59H44N2OSSi/c1-64(2,3)45-33-30-42(31-34-45)60(41-18-8-5-9-19-41)44-32-35-48-52-36-40-28-29-43(37-51(40)49-22-15-27-56(58(49)52)63-57(48)38-44)61(53-24-12-10-20-46(53)39-16-6-4-7-17-39)54-25-14-23-50-47-21-11-13-26-55(47)62-59(50)54/h4-38H,1-3H3. The highest BCUT2D eigenvalue weighted by atomic mass is 32.2. The van der Waals surface area contributed by atoms with Crippen molar-refractivity contribution in [2.45, 2.75) is 29.4 Å². The summed E-state index contributed by atoms with van der Waals surface area (Å²) in [4.78, 5) is 7.31. The molecule has 1 aliphatic rings. The molecule has 1 aliphatic heterocycles. The van der Waals surface area contributed by atoms with Crippen molar-refractivity contribution in [1.29, 1.82) is 0 Å². The summed E-state index contributed by atoms with van der Waals surface area (Å²) in [6.45, 7) is 7.22. The maximum atomic E-state index is 6.74. The molecule has 0 saturated carbocycles. The van der Waals surface area contributed by atoms with Crippen LogP contribution < -0.4 is 15.0 Å². The molecule has 5 heteroatoms. The molecule has 0 amide bonds. The smallest absolute Gasteiger partial charge is 0.159 e. The Labute approximate surface area is 378 Å². The Bertz CT molecular complexity index is 3580. The lowest BCUT2D eigenvalue weighted by Gasteiger charge is -2.29. The van der Waals surface area contributed by atoms with Gasteiger partial charge >= 0.3 is 0 Å². The van der Waals surface area contributed by atoms with Crippen LogP contribution in [0.5, 0.6) is 0 Å². The summed E-state index contributed by atoms with van der Waals surface area (Å²) in [5.41, 5.74) is 13.2. The second kappa shape index (κ2) is 15.2. The van der Waals surface area contributed by atoms with Crippen LogP contribution in [0, 0.1) is 0 Å². The summed E-state index contributed by atoms with van der Waals surface area (Å²) in [6.07, 6.45) is 0. The van der Waals surface area contributed by atoms with Crippen molar-refractivity contribution >= 4 is 103 Å². The van der Waals surface area contributed by atoms with Crippen molar-refractivity contribution < 1.29 is 4.42 Å². The van der Waals surface area contributed by atoms with E-state index in [1.165, 1.54) is 47.6 Å². The first-order chi connectivity index (χ1) is 31.4. The number of fused-ring (bicyclic) bond motifs is 7. The fraction of sp³-hybridized carbons (Fsp3) is 0.0508. The molecule has 3 nitrogen and oxygen atoms in total. The maximum absolute atomic E-state index is 6.74. The van der Waals surface area contributed by atoms with Crippen LogP contribution in [0.25, 0.3) is 65.7 Å². The maximum Gasteiger partial charge on any atom is 0.159 e. The molecular weight excluding hydrogens is 813 g/mol. The minimum atomic E-state index is -1.45. The molecule has 10 aromatic carbocycles. The number of para-hydroxylation sites is 4. The topological polar surface area (TPSA) is 19.6 Å². The van der Waals surface area contributed by atoms with E-state index in [1.807, 2.05) is 17.8 Å². The van der Waals surface area contributed by atoms with E-state index in [0.717, 1.165) is 67.2 Å². The van der Waals surface area contributed by atoms with Crippen molar-refractivity contribution in [3.8, 4) is 22.3 Å². The van der Waals surface area contributed by atoms with Crippen molar-refractivity contribution in [3.05, 3.63) is 212 Å². The molecule has 0 fully saturated rings. The molecule has 0 aliphatic carbocycles. The molecular formula is C59H44N2OSSi. The predicted octanol–water partition coefficient (Wildman–Crippen LogP) is 17.2. The quantitative estimate of drug-likeness (QED) is 0.112. The molecule has 0 unspecified atom stereocenters. The van der Waals surface area contributed by atoms with Gasteiger partial charge in [-0.25, -0.2) is 0 Å². The van der Waals surface area contributed by atoms with Gasteiger partial charge in [0.05, 0.1) is 19.4 Å². The van der Waals surface area contributed by atoms with Gasteiger partial charge in [0.25, 0.3) is 0 Å². The molecule has 12 rings (SSSR count). The summed E-state index contributed by atoms with van der Waals surface area (Å²) in [7, 11) is -1.45. The number of rotatable bonds is 8. The van der Waals surface area contributed by atoms with Gasteiger partial charge in [0.1, 0.15) is 5.58 Å². The number of anilines is 6. The van der Waals surface area contributed by atoms with Gasteiger partial charge in [-0.15, -0.1) is 0 Å². The zero-order chi connectivity index (χ0) is 42.9. The van der Waals surface area contributed by atoms with Gasteiger partial charge in [0.15, 0.2) is 5.58 Å². The van der Waals surface area contributed by atoms with Gasteiger partial charge in [0.2, 0.25) is 0 Å². The summed E-state index contributed by atoms with van der Waals surface area (Å²) >= 11 is 1.87. The van der Waals surface area contributed by atoms with Crippen LogP contribution in [0.4, 0.5) is 34.1 Å². The highest BCUT2D eigenvalue weighted by Gasteiger charge is 2.26. The Morgan fingerprint density at radius 2 is 1.05 bits per heavy atom. The SMILES string of the molecule is C[Si](C)(C)c1ccc(N(c2ccccc2)c2ccc3c(c2)Sc2cccc4c2c-3cc2ccc(N(c3ccccc3-c3ccccc3)c3cccc5c3oc3ccccc35)cc24)cc1. The Kier molecular flexibility index (Phi) is 9.11. The van der Waals surface area contributed by atoms with Gasteiger partial charge < -0.3 is 14.2 Å². The largest absolute Gasteiger partial charge is 0.454 e. The molecule has 0 bridgehead atoms. The first-order valence-corrected chi connectivity index (χ1v) is 26.3. The van der Waals surface area contributed by atoms with E-state index in [0.29, 0.717) is 0 Å². The average molecular weight is 857 g/mol. The van der Waals surface area contributed by atoms with E-state index in [1.54, 1.807) is 0 Å². The Morgan fingerprint density at radius 1 is 0.406 bits per heavy atom. The van der Waals surface area contributed by atoms with Crippen molar-refractivity contribution in [2.75, 3.05) is 9.80 Å². The van der Waals surface area contributed by atoms with Gasteiger partial charge in [-0.1, -0.05) is 170 Å². The van der Waals surface area contributed by atoms with E-state index >= 15 is 0 Å². The van der Waals surface area contributed by atoms with Crippen LogP contribution in [0.3, 0.4) is 0 Å². The highest BCUT2D eigenvalue weighted by Crippen LogP contribution is 2.53. The molecule has 0 saturated heterocycles. The van der Waals surface area contributed by atoms with Crippen LogP contribution in [-0.4, -0.2) is 8.07 Å². The third kappa shape index (κ3) is 6.42. The minimum absolute atomic E-state index is 0.866. The third-order valence-electron chi connectivity index (χ3n) is 12.8. The van der Waals surface area contributed by atoms with E-state index in [4.69, 9.17) is 4.42 Å². The second-order valence-electron chi connectivity index (χ2n) is 17.7. The molecule has 0 N–H and O–H groups in total. The second-order valence-corrected chi connectivity index (χ2v) is 23.9. The lowest BCUT2D eigenvalue weighted by atomic mass is 9.92. The van der Waals surface area contributed by atoms with Crippen molar-refractivity contribution in [2.24, 2.45) is 0 Å². The zero-order valence-corrected chi connectivity index (χ0v) is 37.7. The van der Waals surface area contributed by atoms with Gasteiger partial charge in [-0.2, -0.15) is 0 Å². The molecule has 64 heavy (non-hydrogen) atoms. The minimum Gasteiger partial charge on any atom is -0.454 e. The summed E-state index contributed by atoms with van der Waals surface area (Å²) in [5, 5.41) is 8.65. The molecule has 1 aromatic heterocycles.